The summed E-state index contributed by atoms with van der Waals surface area (Å²) in [5.41, 5.74) is 1.01. The Labute approximate surface area is 211 Å². The fourth-order valence-electron chi connectivity index (χ4n) is 5.18. The summed E-state index contributed by atoms with van der Waals surface area (Å²) in [6.45, 7) is 8.72. The summed E-state index contributed by atoms with van der Waals surface area (Å²) in [7, 11) is -6.52. The first-order valence-corrected chi connectivity index (χ1v) is 15.7. The van der Waals surface area contributed by atoms with E-state index in [-0.39, 0.29) is 16.0 Å². The molecule has 0 spiro atoms. The van der Waals surface area contributed by atoms with Gasteiger partial charge in [-0.2, -0.15) is 8.42 Å². The molecule has 3 aromatic carbocycles. The van der Waals surface area contributed by atoms with Gasteiger partial charge in [-0.05, 0) is 53.7 Å². The van der Waals surface area contributed by atoms with Gasteiger partial charge in [0.2, 0.25) is 0 Å². The Morgan fingerprint density at radius 3 is 1.80 bits per heavy atom. The molecule has 0 radical (unpaired) electrons. The van der Waals surface area contributed by atoms with Crippen molar-refractivity contribution in [2.24, 2.45) is 0 Å². The molecule has 0 aromatic heterocycles. The van der Waals surface area contributed by atoms with E-state index in [1.165, 1.54) is 10.4 Å². The van der Waals surface area contributed by atoms with E-state index in [1.54, 1.807) is 24.3 Å². The maximum atomic E-state index is 13.0. The number of hydrogen-bond donors (Lipinski definition) is 0. The van der Waals surface area contributed by atoms with Crippen LogP contribution in [0, 0.1) is 6.92 Å². The van der Waals surface area contributed by atoms with Crippen molar-refractivity contribution in [3.63, 3.8) is 0 Å². The van der Waals surface area contributed by atoms with Gasteiger partial charge in [-0.3, -0.25) is 4.18 Å². The van der Waals surface area contributed by atoms with Gasteiger partial charge in [-0.1, -0.05) is 99.1 Å². The summed E-state index contributed by atoms with van der Waals surface area (Å²) in [6, 6.07) is 28.0. The van der Waals surface area contributed by atoms with Crippen molar-refractivity contribution in [3.8, 4) is 0 Å². The van der Waals surface area contributed by atoms with Crippen molar-refractivity contribution in [3.05, 3.63) is 90.5 Å². The van der Waals surface area contributed by atoms with Crippen LogP contribution in [0.1, 0.15) is 52.0 Å². The maximum absolute atomic E-state index is 13.0. The molecule has 1 saturated carbocycles. The van der Waals surface area contributed by atoms with Crippen LogP contribution < -0.4 is 10.4 Å². The van der Waals surface area contributed by atoms with Gasteiger partial charge < -0.3 is 4.43 Å². The number of aryl methyl sites for hydroxylation is 1. The SMILES string of the molecule is Cc1ccc(S(=O)(=O)OC2CCCC(O[Si](c3ccccc3)(c3ccccc3)C(C)(C)C)C2)cc1. The fourth-order valence-corrected chi connectivity index (χ4v) is 11.0. The smallest absolute Gasteiger partial charge is 0.297 e. The van der Waals surface area contributed by atoms with Crippen LogP contribution in [0.2, 0.25) is 5.04 Å². The summed E-state index contributed by atoms with van der Waals surface area (Å²) in [5.74, 6) is 0. The molecule has 0 N–H and O–H groups in total. The van der Waals surface area contributed by atoms with Gasteiger partial charge >= 0.3 is 0 Å². The van der Waals surface area contributed by atoms with Crippen molar-refractivity contribution >= 4 is 28.8 Å². The highest BCUT2D eigenvalue weighted by Gasteiger charge is 2.51. The molecule has 35 heavy (non-hydrogen) atoms. The lowest BCUT2D eigenvalue weighted by Gasteiger charge is -2.46. The van der Waals surface area contributed by atoms with E-state index < -0.39 is 24.5 Å². The zero-order chi connectivity index (χ0) is 25.1. The van der Waals surface area contributed by atoms with E-state index in [4.69, 9.17) is 8.61 Å². The van der Waals surface area contributed by atoms with E-state index in [1.807, 2.05) is 19.1 Å². The monoisotopic (exact) mass is 508 g/mol. The summed E-state index contributed by atoms with van der Waals surface area (Å²) in [5, 5.41) is 2.33. The molecule has 3 aromatic rings. The minimum absolute atomic E-state index is 0.0757. The first kappa shape index (κ1) is 25.8. The second kappa shape index (κ2) is 10.4. The van der Waals surface area contributed by atoms with Gasteiger partial charge in [-0.15, -0.1) is 0 Å². The first-order valence-electron chi connectivity index (χ1n) is 12.4. The maximum Gasteiger partial charge on any atom is 0.297 e. The summed E-state index contributed by atoms with van der Waals surface area (Å²) in [4.78, 5) is 0.207. The average molecular weight is 509 g/mol. The zero-order valence-electron chi connectivity index (χ0n) is 21.1. The molecule has 1 aliphatic carbocycles. The van der Waals surface area contributed by atoms with E-state index in [0.29, 0.717) is 12.8 Å². The van der Waals surface area contributed by atoms with Crippen LogP contribution in [-0.4, -0.2) is 28.9 Å². The molecule has 0 aliphatic heterocycles. The topological polar surface area (TPSA) is 52.6 Å². The molecule has 0 amide bonds. The standard InChI is InChI=1S/C29H36O4SSi/c1-23-18-20-26(21-19-23)34(30,31)32-24-12-11-13-25(22-24)33-35(29(2,3)4,27-14-7-5-8-15-27)28-16-9-6-10-17-28/h5-10,14-21,24-25H,11-13,22H2,1-4H3. The van der Waals surface area contributed by atoms with E-state index >= 15 is 0 Å². The third-order valence-corrected chi connectivity index (χ3v) is 13.4. The number of benzene rings is 3. The molecule has 4 rings (SSSR count). The fraction of sp³-hybridized carbons (Fsp3) is 0.379. The lowest BCUT2D eigenvalue weighted by Crippen LogP contribution is -2.68. The second-order valence-corrected chi connectivity index (χ2v) is 16.4. The van der Waals surface area contributed by atoms with Crippen LogP contribution in [0.4, 0.5) is 0 Å². The van der Waals surface area contributed by atoms with Gasteiger partial charge in [-0.25, -0.2) is 0 Å². The Morgan fingerprint density at radius 1 is 0.771 bits per heavy atom. The van der Waals surface area contributed by atoms with E-state index in [9.17, 15) is 8.42 Å². The lowest BCUT2D eigenvalue weighted by atomic mass is 9.95. The quantitative estimate of drug-likeness (QED) is 0.308. The first-order chi connectivity index (χ1) is 16.6. The van der Waals surface area contributed by atoms with Gasteiger partial charge in [0.25, 0.3) is 18.4 Å². The summed E-state index contributed by atoms with van der Waals surface area (Å²) in [6.07, 6.45) is 2.58. The van der Waals surface area contributed by atoms with Crippen LogP contribution in [0.5, 0.6) is 0 Å². The van der Waals surface area contributed by atoms with Crippen LogP contribution in [-0.2, 0) is 18.7 Å². The Kier molecular flexibility index (Phi) is 7.67. The van der Waals surface area contributed by atoms with E-state index in [2.05, 4.69) is 69.3 Å². The highest BCUT2D eigenvalue weighted by atomic mass is 32.2. The average Bonchev–Trinajstić information content (AvgIpc) is 2.83. The van der Waals surface area contributed by atoms with Crippen LogP contribution in [0.25, 0.3) is 0 Å². The van der Waals surface area contributed by atoms with Gasteiger partial charge in [0.15, 0.2) is 0 Å². The Balaban J connectivity index is 1.63. The second-order valence-electron chi connectivity index (χ2n) is 10.6. The molecule has 0 saturated heterocycles. The molecule has 0 bridgehead atoms. The minimum Gasteiger partial charge on any atom is -0.404 e. The molecule has 1 fully saturated rings. The van der Waals surface area contributed by atoms with Crippen molar-refractivity contribution in [2.45, 2.75) is 75.5 Å². The molecular weight excluding hydrogens is 472 g/mol. The molecule has 186 valence electrons. The Bertz CT molecular complexity index is 1160. The predicted octanol–water partition coefficient (Wildman–Crippen LogP) is 5.59. The summed E-state index contributed by atoms with van der Waals surface area (Å²) < 4.78 is 38.9. The Morgan fingerprint density at radius 2 is 1.29 bits per heavy atom. The number of rotatable bonds is 7. The van der Waals surface area contributed by atoms with Crippen LogP contribution >= 0.6 is 0 Å². The van der Waals surface area contributed by atoms with Gasteiger partial charge in [0, 0.05) is 12.5 Å². The Hall–Kier alpha value is -2.25. The third kappa shape index (κ3) is 5.61. The number of hydrogen-bond acceptors (Lipinski definition) is 4. The van der Waals surface area contributed by atoms with Crippen molar-refractivity contribution in [1.29, 1.82) is 0 Å². The molecule has 2 atom stereocenters. The molecule has 6 heteroatoms. The molecule has 1 aliphatic rings. The third-order valence-electron chi connectivity index (χ3n) is 6.91. The van der Waals surface area contributed by atoms with Crippen molar-refractivity contribution in [2.75, 3.05) is 0 Å². The lowest BCUT2D eigenvalue weighted by molar-refractivity contribution is 0.0660. The van der Waals surface area contributed by atoms with Gasteiger partial charge in [0.05, 0.1) is 11.0 Å². The van der Waals surface area contributed by atoms with Crippen molar-refractivity contribution in [1.82, 2.24) is 0 Å². The predicted molar refractivity (Wildman–Crippen MR) is 144 cm³/mol. The van der Waals surface area contributed by atoms with Crippen molar-refractivity contribution < 1.29 is 17.0 Å². The minimum atomic E-state index is -3.82. The zero-order valence-corrected chi connectivity index (χ0v) is 22.9. The normalized spacial score (nSPS) is 19.4. The molecule has 2 unspecified atom stereocenters. The van der Waals surface area contributed by atoms with Crippen LogP contribution in [0.15, 0.2) is 89.8 Å². The van der Waals surface area contributed by atoms with E-state index in [0.717, 1.165) is 18.4 Å². The summed E-state index contributed by atoms with van der Waals surface area (Å²) >= 11 is 0. The molecule has 0 heterocycles. The molecule has 4 nitrogen and oxygen atoms in total. The largest absolute Gasteiger partial charge is 0.404 e. The molecular formula is C29H36O4SSi. The highest BCUT2D eigenvalue weighted by Crippen LogP contribution is 2.39. The van der Waals surface area contributed by atoms with Crippen LogP contribution in [0.3, 0.4) is 0 Å². The highest BCUT2D eigenvalue weighted by molar-refractivity contribution is 7.86. The van der Waals surface area contributed by atoms with Gasteiger partial charge in [0.1, 0.15) is 0 Å².